The summed E-state index contributed by atoms with van der Waals surface area (Å²) in [6.45, 7) is 24.7. The first-order chi connectivity index (χ1) is 16.4. The van der Waals surface area contributed by atoms with E-state index < -0.39 is 8.32 Å². The minimum absolute atomic E-state index is 0.0675. The third kappa shape index (κ3) is 5.70. The lowest BCUT2D eigenvalue weighted by molar-refractivity contribution is 0.154. The van der Waals surface area contributed by atoms with Crippen molar-refractivity contribution >= 4 is 14.0 Å². The fourth-order valence-electron chi connectivity index (χ4n) is 3.81. The van der Waals surface area contributed by atoms with Gasteiger partial charge in [-0.1, -0.05) is 38.5 Å². The Kier molecular flexibility index (Phi) is 7.64. The molecule has 0 spiro atoms. The molecule has 3 rings (SSSR count). The second-order valence-electron chi connectivity index (χ2n) is 10.6. The van der Waals surface area contributed by atoms with Crippen molar-refractivity contribution in [3.63, 3.8) is 0 Å². The first kappa shape index (κ1) is 26.3. The first-order valence-corrected chi connectivity index (χ1v) is 14.8. The summed E-state index contributed by atoms with van der Waals surface area (Å²) in [7, 11) is -2.05. The molecular weight excluding hydrogens is 452 g/mol. The molecule has 0 radical (unpaired) electrons. The highest BCUT2D eigenvalue weighted by molar-refractivity contribution is 6.74. The van der Waals surface area contributed by atoms with Crippen LogP contribution in [0.25, 0.3) is 16.3 Å². The van der Waals surface area contributed by atoms with Gasteiger partial charge in [-0.05, 0) is 80.7 Å². The predicted molar refractivity (Wildman–Crippen MR) is 141 cm³/mol. The largest absolute Gasteiger partial charge is 0.420 e. The van der Waals surface area contributed by atoms with Crippen LogP contribution in [0.15, 0.2) is 40.8 Å². The van der Waals surface area contributed by atoms with Crippen LogP contribution in [0.3, 0.4) is 0 Å². The quantitative estimate of drug-likeness (QED) is 0.255. The number of hydrogen-bond donors (Lipinski definition) is 0. The normalized spacial score (nSPS) is 13.7. The van der Waals surface area contributed by atoms with Crippen LogP contribution in [0.5, 0.6) is 0 Å². The zero-order valence-electron chi connectivity index (χ0n) is 21.9. The van der Waals surface area contributed by atoms with Gasteiger partial charge in [-0.25, -0.2) is 4.85 Å². The Morgan fingerprint density at radius 1 is 1.09 bits per heavy atom. The Morgan fingerprint density at radius 2 is 1.74 bits per heavy atom. The molecule has 35 heavy (non-hydrogen) atoms. The topological polar surface area (TPSA) is 76.3 Å². The lowest BCUT2D eigenvalue weighted by Crippen LogP contribution is -2.44. The van der Waals surface area contributed by atoms with Crippen molar-refractivity contribution in [1.82, 2.24) is 10.2 Å². The second kappa shape index (κ2) is 10.2. The molecule has 0 aliphatic carbocycles. The summed E-state index contributed by atoms with van der Waals surface area (Å²) < 4.78 is 13.0. The number of benzene rings is 2. The van der Waals surface area contributed by atoms with Crippen LogP contribution in [-0.4, -0.2) is 24.6 Å². The van der Waals surface area contributed by atoms with Crippen molar-refractivity contribution < 1.29 is 8.84 Å². The van der Waals surface area contributed by atoms with E-state index in [1.54, 1.807) is 12.1 Å². The maximum Gasteiger partial charge on any atom is 0.247 e. The zero-order valence-corrected chi connectivity index (χ0v) is 22.9. The molecule has 0 bridgehead atoms. The van der Waals surface area contributed by atoms with E-state index in [4.69, 9.17) is 20.7 Å². The second-order valence-corrected chi connectivity index (χ2v) is 15.4. The molecule has 3 aromatic rings. The van der Waals surface area contributed by atoms with Gasteiger partial charge < -0.3 is 8.84 Å². The van der Waals surface area contributed by atoms with Gasteiger partial charge in [0.25, 0.3) is 0 Å². The van der Waals surface area contributed by atoms with Crippen LogP contribution in [0, 0.1) is 31.8 Å². The van der Waals surface area contributed by atoms with Gasteiger partial charge in [0.15, 0.2) is 14.0 Å². The highest BCUT2D eigenvalue weighted by Crippen LogP contribution is 2.40. The standard InChI is InChI=1S/C28H34N4O2Si/c1-18-19(2)25(30-7)15-14-23(18)16-24(20(3)34-35(8,9)28(4,5)6)27-32-31-26(33-27)22-12-10-21(17-29)11-13-22/h10-15,20,24H,16H2,1-6,8-9H3/t20-,24+/m0/s1. The minimum atomic E-state index is -2.05. The van der Waals surface area contributed by atoms with Crippen LogP contribution < -0.4 is 0 Å². The van der Waals surface area contributed by atoms with E-state index in [1.807, 2.05) is 31.2 Å². The van der Waals surface area contributed by atoms with E-state index in [1.165, 1.54) is 0 Å². The average Bonchev–Trinajstić information content (AvgIpc) is 3.29. The van der Waals surface area contributed by atoms with Crippen LogP contribution in [-0.2, 0) is 10.8 Å². The molecule has 1 aromatic heterocycles. The molecule has 2 aromatic carbocycles. The fraction of sp³-hybridized carbons (Fsp3) is 0.429. The summed E-state index contributed by atoms with van der Waals surface area (Å²) in [6.07, 6.45) is 0.515. The summed E-state index contributed by atoms with van der Waals surface area (Å²) >= 11 is 0. The van der Waals surface area contributed by atoms with E-state index >= 15 is 0 Å². The lowest BCUT2D eigenvalue weighted by atomic mass is 9.90. The monoisotopic (exact) mass is 486 g/mol. The fourth-order valence-corrected chi connectivity index (χ4v) is 5.26. The molecule has 0 amide bonds. The molecule has 7 heteroatoms. The number of nitrogens with zero attached hydrogens (tertiary/aromatic N) is 4. The van der Waals surface area contributed by atoms with Crippen molar-refractivity contribution in [2.24, 2.45) is 0 Å². The summed E-state index contributed by atoms with van der Waals surface area (Å²) in [5, 5.41) is 17.9. The minimum Gasteiger partial charge on any atom is -0.420 e. The molecule has 0 saturated heterocycles. The van der Waals surface area contributed by atoms with Gasteiger partial charge in [0, 0.05) is 5.56 Å². The Bertz CT molecular complexity index is 1270. The molecule has 0 aliphatic rings. The number of aromatic nitrogens is 2. The molecule has 1 heterocycles. The molecule has 6 nitrogen and oxygen atoms in total. The van der Waals surface area contributed by atoms with Crippen molar-refractivity contribution in [2.45, 2.75) is 78.1 Å². The maximum absolute atomic E-state index is 9.07. The van der Waals surface area contributed by atoms with E-state index in [0.29, 0.717) is 29.5 Å². The summed E-state index contributed by atoms with van der Waals surface area (Å²) in [6, 6.07) is 13.2. The highest BCUT2D eigenvalue weighted by atomic mass is 28.4. The van der Waals surface area contributed by atoms with Gasteiger partial charge in [0.05, 0.1) is 30.2 Å². The van der Waals surface area contributed by atoms with Crippen LogP contribution >= 0.6 is 0 Å². The average molecular weight is 487 g/mol. The van der Waals surface area contributed by atoms with E-state index in [2.05, 4.69) is 68.8 Å². The molecule has 0 fully saturated rings. The number of nitriles is 1. The molecule has 2 atom stereocenters. The van der Waals surface area contributed by atoms with Crippen molar-refractivity contribution in [2.75, 3.05) is 0 Å². The molecule has 0 N–H and O–H groups in total. The van der Waals surface area contributed by atoms with E-state index in [-0.39, 0.29) is 17.1 Å². The van der Waals surface area contributed by atoms with E-state index in [9.17, 15) is 0 Å². The molecule has 0 saturated carbocycles. The molecular formula is C28H34N4O2Si. The van der Waals surface area contributed by atoms with Gasteiger partial charge in [-0.2, -0.15) is 5.26 Å². The number of hydrogen-bond acceptors (Lipinski definition) is 5. The van der Waals surface area contributed by atoms with E-state index in [0.717, 1.165) is 22.3 Å². The van der Waals surface area contributed by atoms with Crippen molar-refractivity contribution in [3.05, 3.63) is 76.0 Å². The third-order valence-electron chi connectivity index (χ3n) is 7.30. The Morgan fingerprint density at radius 3 is 2.31 bits per heavy atom. The zero-order chi connectivity index (χ0) is 26.0. The lowest BCUT2D eigenvalue weighted by Gasteiger charge is -2.40. The summed E-state index contributed by atoms with van der Waals surface area (Å²) in [5.41, 5.74) is 5.27. The van der Waals surface area contributed by atoms with Gasteiger partial charge in [-0.3, -0.25) is 0 Å². The van der Waals surface area contributed by atoms with Gasteiger partial charge in [0.1, 0.15) is 0 Å². The highest BCUT2D eigenvalue weighted by Gasteiger charge is 2.41. The smallest absolute Gasteiger partial charge is 0.247 e. The predicted octanol–water partition coefficient (Wildman–Crippen LogP) is 7.51. The Labute approximate surface area is 209 Å². The summed E-state index contributed by atoms with van der Waals surface area (Å²) in [5.74, 6) is 0.799. The van der Waals surface area contributed by atoms with Crippen LogP contribution in [0.1, 0.15) is 61.8 Å². The Balaban J connectivity index is 2.00. The number of rotatable bonds is 7. The molecule has 182 valence electrons. The third-order valence-corrected chi connectivity index (χ3v) is 11.9. The Hall–Kier alpha value is -3.26. The summed E-state index contributed by atoms with van der Waals surface area (Å²) in [4.78, 5) is 3.64. The van der Waals surface area contributed by atoms with Gasteiger partial charge in [-0.15, -0.1) is 10.2 Å². The first-order valence-electron chi connectivity index (χ1n) is 11.9. The molecule has 0 unspecified atom stereocenters. The van der Waals surface area contributed by atoms with Crippen molar-refractivity contribution in [1.29, 1.82) is 5.26 Å². The van der Waals surface area contributed by atoms with Gasteiger partial charge >= 0.3 is 0 Å². The van der Waals surface area contributed by atoms with Crippen LogP contribution in [0.2, 0.25) is 18.1 Å². The SMILES string of the molecule is [C-]#[N+]c1ccc(C[C@@H](c2nnc(-c3ccc(C#N)cc3)o2)[C@H](C)O[Si](C)(C)C(C)(C)C)c(C)c1C. The van der Waals surface area contributed by atoms with Gasteiger partial charge in [0.2, 0.25) is 11.8 Å². The molecule has 0 aliphatic heterocycles. The maximum atomic E-state index is 9.07. The van der Waals surface area contributed by atoms with Crippen molar-refractivity contribution in [3.8, 4) is 17.5 Å². The van der Waals surface area contributed by atoms with Crippen LogP contribution in [0.4, 0.5) is 5.69 Å².